The van der Waals surface area contributed by atoms with Gasteiger partial charge >= 0.3 is 0 Å². The Hall–Kier alpha value is -2.13. The molecule has 5 nitrogen and oxygen atoms in total. The number of aliphatic hydroxyl groups is 1. The summed E-state index contributed by atoms with van der Waals surface area (Å²) < 4.78 is 14.0. The van der Waals surface area contributed by atoms with Crippen LogP contribution in [0.3, 0.4) is 0 Å². The van der Waals surface area contributed by atoms with E-state index in [1.807, 2.05) is 6.07 Å². The summed E-state index contributed by atoms with van der Waals surface area (Å²) in [6.45, 7) is 2.20. The fourth-order valence-corrected chi connectivity index (χ4v) is 5.09. The second-order valence-electron chi connectivity index (χ2n) is 8.29. The summed E-state index contributed by atoms with van der Waals surface area (Å²) in [5.41, 5.74) is 0.421. The smallest absolute Gasteiger partial charge is 0.230 e. The molecule has 0 radical (unpaired) electrons. The molecule has 1 spiro atoms. The van der Waals surface area contributed by atoms with E-state index < -0.39 is 5.82 Å². The van der Waals surface area contributed by atoms with Crippen LogP contribution in [0.5, 0.6) is 0 Å². The summed E-state index contributed by atoms with van der Waals surface area (Å²) in [4.78, 5) is 17.5. The quantitative estimate of drug-likeness (QED) is 0.868. The Bertz CT molecular complexity index is 769. The lowest BCUT2D eigenvalue weighted by Gasteiger charge is -2.41. The number of hydrogen-bond acceptors (Lipinski definition) is 4. The van der Waals surface area contributed by atoms with Crippen LogP contribution in [0, 0.1) is 22.6 Å². The monoisotopic (exact) mass is 371 g/mol. The third-order valence-corrected chi connectivity index (χ3v) is 6.67. The van der Waals surface area contributed by atoms with Crippen molar-refractivity contribution in [1.29, 1.82) is 5.26 Å². The number of piperidine rings is 1. The normalized spacial score (nSPS) is 31.4. The van der Waals surface area contributed by atoms with Gasteiger partial charge in [0.15, 0.2) is 0 Å². The molecule has 2 heterocycles. The highest BCUT2D eigenvalue weighted by Crippen LogP contribution is 2.43. The number of carbonyl (C=O) groups is 1. The molecule has 0 bridgehead atoms. The number of anilines is 1. The number of aliphatic hydroxyl groups excluding tert-OH is 1. The molecule has 144 valence electrons. The molecule has 1 saturated carbocycles. The van der Waals surface area contributed by atoms with E-state index in [2.05, 4.69) is 9.80 Å². The zero-order chi connectivity index (χ0) is 19.0. The maximum atomic E-state index is 14.0. The van der Waals surface area contributed by atoms with Gasteiger partial charge in [-0.2, -0.15) is 5.26 Å². The van der Waals surface area contributed by atoms with E-state index in [0.717, 1.165) is 63.7 Å². The molecule has 1 aliphatic carbocycles. The van der Waals surface area contributed by atoms with Crippen LogP contribution in [0.4, 0.5) is 10.1 Å². The highest BCUT2D eigenvalue weighted by molar-refractivity contribution is 5.86. The highest BCUT2D eigenvalue weighted by atomic mass is 19.1. The van der Waals surface area contributed by atoms with Gasteiger partial charge in [-0.15, -0.1) is 0 Å². The number of hydrogen-bond donors (Lipinski definition) is 1. The van der Waals surface area contributed by atoms with E-state index in [4.69, 9.17) is 5.26 Å². The Labute approximate surface area is 159 Å². The van der Waals surface area contributed by atoms with Crippen molar-refractivity contribution in [1.82, 2.24) is 4.90 Å². The lowest BCUT2D eigenvalue weighted by molar-refractivity contribution is -0.139. The average Bonchev–Trinajstić information content (AvgIpc) is 2.98. The molecular formula is C21H26FN3O2. The van der Waals surface area contributed by atoms with E-state index >= 15 is 0 Å². The molecular weight excluding hydrogens is 345 g/mol. The molecule has 4 rings (SSSR count). The molecule has 6 heteroatoms. The van der Waals surface area contributed by atoms with Gasteiger partial charge in [-0.05, 0) is 63.1 Å². The highest BCUT2D eigenvalue weighted by Gasteiger charge is 2.50. The fraction of sp³-hybridized carbons (Fsp3) is 0.619. The van der Waals surface area contributed by atoms with Crippen molar-refractivity contribution < 1.29 is 14.3 Å². The second kappa shape index (κ2) is 7.12. The predicted octanol–water partition coefficient (Wildman–Crippen LogP) is 2.82. The van der Waals surface area contributed by atoms with E-state index in [-0.39, 0.29) is 29.0 Å². The number of likely N-dealkylation sites (tertiary alicyclic amines) is 1. The first-order chi connectivity index (χ1) is 13.0. The van der Waals surface area contributed by atoms with Gasteiger partial charge < -0.3 is 14.9 Å². The van der Waals surface area contributed by atoms with Crippen LogP contribution in [0.2, 0.25) is 0 Å². The van der Waals surface area contributed by atoms with E-state index in [0.29, 0.717) is 6.54 Å². The minimum Gasteiger partial charge on any atom is -0.393 e. The van der Waals surface area contributed by atoms with Gasteiger partial charge in [0.1, 0.15) is 11.9 Å². The number of amides is 1. The zero-order valence-corrected chi connectivity index (χ0v) is 15.5. The molecule has 2 saturated heterocycles. The summed E-state index contributed by atoms with van der Waals surface area (Å²) in [7, 11) is 0. The van der Waals surface area contributed by atoms with Crippen molar-refractivity contribution in [2.45, 2.75) is 57.1 Å². The van der Waals surface area contributed by atoms with Gasteiger partial charge in [0.05, 0.1) is 17.1 Å². The maximum Gasteiger partial charge on any atom is 0.230 e. The van der Waals surface area contributed by atoms with Gasteiger partial charge in [0.25, 0.3) is 0 Å². The Kier molecular flexibility index (Phi) is 4.81. The zero-order valence-electron chi connectivity index (χ0n) is 15.5. The average molecular weight is 371 g/mol. The minimum atomic E-state index is -0.505. The predicted molar refractivity (Wildman–Crippen MR) is 99.6 cm³/mol. The lowest BCUT2D eigenvalue weighted by Crippen LogP contribution is -2.50. The van der Waals surface area contributed by atoms with Crippen molar-refractivity contribution in [2.75, 3.05) is 24.5 Å². The SMILES string of the molecule is N#Cc1ccc(N2CCC[C@@]3(CCN(C4CCC(O)CC4)C3=O)C2)cc1F. The standard InChI is InChI=1S/C21H26FN3O2/c22-19-12-17(3-2-15(19)13-23)24-10-1-8-21(14-24)9-11-25(20(21)27)16-4-6-18(26)7-5-16/h2-3,12,16,18,26H,1,4-11,14H2/t16?,18?,21-/m1/s1. The van der Waals surface area contributed by atoms with Gasteiger partial charge in [-0.3, -0.25) is 4.79 Å². The third-order valence-electron chi connectivity index (χ3n) is 6.67. The molecule has 0 aromatic heterocycles. The van der Waals surface area contributed by atoms with Gasteiger partial charge in [0, 0.05) is 31.4 Å². The molecule has 0 unspecified atom stereocenters. The van der Waals surface area contributed by atoms with Crippen molar-refractivity contribution in [2.24, 2.45) is 5.41 Å². The molecule has 3 aliphatic rings. The van der Waals surface area contributed by atoms with Gasteiger partial charge in [0.2, 0.25) is 5.91 Å². The Morgan fingerprint density at radius 1 is 1.19 bits per heavy atom. The first-order valence-electron chi connectivity index (χ1n) is 9.96. The van der Waals surface area contributed by atoms with Gasteiger partial charge in [-0.25, -0.2) is 4.39 Å². The van der Waals surface area contributed by atoms with Crippen LogP contribution in [0.1, 0.15) is 50.5 Å². The third kappa shape index (κ3) is 3.29. The minimum absolute atomic E-state index is 0.0491. The number of nitrogens with zero attached hydrogens (tertiary/aromatic N) is 3. The number of rotatable bonds is 2. The van der Waals surface area contributed by atoms with Crippen LogP contribution in [-0.2, 0) is 4.79 Å². The van der Waals surface area contributed by atoms with Crippen molar-refractivity contribution in [3.63, 3.8) is 0 Å². The summed E-state index contributed by atoms with van der Waals surface area (Å²) in [5, 5.41) is 18.7. The van der Waals surface area contributed by atoms with Crippen molar-refractivity contribution in [3.8, 4) is 6.07 Å². The van der Waals surface area contributed by atoms with Crippen LogP contribution >= 0.6 is 0 Å². The van der Waals surface area contributed by atoms with Crippen LogP contribution < -0.4 is 4.90 Å². The summed E-state index contributed by atoms with van der Waals surface area (Å²) in [6, 6.07) is 6.82. The van der Waals surface area contributed by atoms with Gasteiger partial charge in [-0.1, -0.05) is 0 Å². The molecule has 1 amide bonds. The number of halogens is 1. The number of nitriles is 1. The lowest BCUT2D eigenvalue weighted by atomic mass is 9.78. The molecule has 1 atom stereocenters. The molecule has 1 aromatic rings. The fourth-order valence-electron chi connectivity index (χ4n) is 5.09. The number of benzene rings is 1. The molecule has 1 N–H and O–H groups in total. The maximum absolute atomic E-state index is 14.0. The second-order valence-corrected chi connectivity index (χ2v) is 8.29. The van der Waals surface area contributed by atoms with Crippen molar-refractivity contribution in [3.05, 3.63) is 29.6 Å². The van der Waals surface area contributed by atoms with E-state index in [1.54, 1.807) is 6.07 Å². The summed E-state index contributed by atoms with van der Waals surface area (Å²) in [5.74, 6) is -0.266. The summed E-state index contributed by atoms with van der Waals surface area (Å²) >= 11 is 0. The largest absolute Gasteiger partial charge is 0.393 e. The molecule has 27 heavy (non-hydrogen) atoms. The van der Waals surface area contributed by atoms with E-state index in [1.165, 1.54) is 12.1 Å². The van der Waals surface area contributed by atoms with Crippen LogP contribution in [0.25, 0.3) is 0 Å². The van der Waals surface area contributed by atoms with Crippen LogP contribution in [-0.4, -0.2) is 47.7 Å². The Morgan fingerprint density at radius 2 is 1.96 bits per heavy atom. The molecule has 1 aromatic carbocycles. The van der Waals surface area contributed by atoms with Crippen LogP contribution in [0.15, 0.2) is 18.2 Å². The Balaban J connectivity index is 1.50. The van der Waals surface area contributed by atoms with E-state index in [9.17, 15) is 14.3 Å². The first kappa shape index (κ1) is 18.2. The molecule has 2 aliphatic heterocycles. The number of carbonyl (C=O) groups excluding carboxylic acids is 1. The molecule has 3 fully saturated rings. The Morgan fingerprint density at radius 3 is 2.67 bits per heavy atom. The van der Waals surface area contributed by atoms with Crippen molar-refractivity contribution >= 4 is 11.6 Å². The first-order valence-corrected chi connectivity index (χ1v) is 9.96. The topological polar surface area (TPSA) is 67.6 Å². The summed E-state index contributed by atoms with van der Waals surface area (Å²) in [6.07, 6.45) is 5.74.